The molecule has 3 rings (SSSR count). The van der Waals surface area contributed by atoms with Gasteiger partial charge in [0.25, 0.3) is 0 Å². The summed E-state index contributed by atoms with van der Waals surface area (Å²) in [6, 6.07) is 4.69. The van der Waals surface area contributed by atoms with Gasteiger partial charge in [0.2, 0.25) is 0 Å². The van der Waals surface area contributed by atoms with Crippen LogP contribution in [-0.4, -0.2) is 22.3 Å². The molecule has 3 nitrogen and oxygen atoms in total. The highest BCUT2D eigenvalue weighted by molar-refractivity contribution is 5.86. The zero-order chi connectivity index (χ0) is 14.3. The van der Waals surface area contributed by atoms with Crippen LogP contribution in [0.25, 0.3) is 10.9 Å². The van der Waals surface area contributed by atoms with Crippen molar-refractivity contribution in [1.82, 2.24) is 9.47 Å². The highest BCUT2D eigenvalue weighted by Crippen LogP contribution is 2.30. The minimum absolute atomic E-state index is 0.267. The summed E-state index contributed by atoms with van der Waals surface area (Å²) in [4.78, 5) is 13.6. The first-order valence-electron chi connectivity index (χ1n) is 7.40. The van der Waals surface area contributed by atoms with Gasteiger partial charge in [-0.3, -0.25) is 4.90 Å². The molecule has 0 unspecified atom stereocenters. The van der Waals surface area contributed by atoms with E-state index in [4.69, 9.17) is 0 Å². The lowest BCUT2D eigenvalue weighted by molar-refractivity contribution is -0.116. The van der Waals surface area contributed by atoms with Crippen molar-refractivity contribution in [1.29, 1.82) is 0 Å². The van der Waals surface area contributed by atoms with E-state index in [1.54, 1.807) is 6.92 Å². The maximum absolute atomic E-state index is 11.2. The van der Waals surface area contributed by atoms with Crippen molar-refractivity contribution in [2.24, 2.45) is 0 Å². The molecule has 0 atom stereocenters. The predicted octanol–water partition coefficient (Wildman–Crippen LogP) is 3.13. The molecule has 2 heterocycles. The minimum atomic E-state index is 0.267. The summed E-state index contributed by atoms with van der Waals surface area (Å²) in [7, 11) is 2.16. The lowest BCUT2D eigenvalue weighted by Crippen LogP contribution is -2.07. The molecule has 0 radical (unpaired) electrons. The lowest BCUT2D eigenvalue weighted by atomic mass is 10.0. The summed E-state index contributed by atoms with van der Waals surface area (Å²) in [5.74, 6) is 0.267. The van der Waals surface area contributed by atoms with E-state index >= 15 is 0 Å². The minimum Gasteiger partial charge on any atom is -0.347 e. The Hall–Kier alpha value is -1.61. The number of carbonyl (C=O) groups excluding carboxylic acids is 1. The van der Waals surface area contributed by atoms with Crippen molar-refractivity contribution in [3.8, 4) is 0 Å². The van der Waals surface area contributed by atoms with Crippen LogP contribution >= 0.6 is 0 Å². The molecule has 0 saturated carbocycles. The molecule has 3 heteroatoms. The monoisotopic (exact) mass is 270 g/mol. The van der Waals surface area contributed by atoms with E-state index in [1.165, 1.54) is 27.6 Å². The van der Waals surface area contributed by atoms with Crippen LogP contribution < -0.4 is 0 Å². The average molecular weight is 270 g/mol. The number of carbonyl (C=O) groups is 1. The Bertz CT molecular complexity index is 669. The number of aromatic nitrogens is 1. The Morgan fingerprint density at radius 3 is 2.60 bits per heavy atom. The number of fused-ring (bicyclic) bond motifs is 2. The highest BCUT2D eigenvalue weighted by atomic mass is 16.1. The molecule has 1 aliphatic heterocycles. The number of aryl methyl sites for hydroxylation is 2. The van der Waals surface area contributed by atoms with Gasteiger partial charge in [0, 0.05) is 43.2 Å². The quantitative estimate of drug-likeness (QED) is 0.853. The lowest BCUT2D eigenvalue weighted by Gasteiger charge is -2.03. The maximum Gasteiger partial charge on any atom is 0.130 e. The summed E-state index contributed by atoms with van der Waals surface area (Å²) in [6.45, 7) is 6.90. The molecule has 106 valence electrons. The third-order valence-electron chi connectivity index (χ3n) is 4.25. The van der Waals surface area contributed by atoms with Crippen LogP contribution in [0.4, 0.5) is 0 Å². The van der Waals surface area contributed by atoms with Crippen molar-refractivity contribution >= 4 is 16.7 Å². The smallest absolute Gasteiger partial charge is 0.130 e. The van der Waals surface area contributed by atoms with Crippen LogP contribution in [0.5, 0.6) is 0 Å². The van der Waals surface area contributed by atoms with Crippen LogP contribution in [0, 0.1) is 0 Å². The number of benzene rings is 1. The van der Waals surface area contributed by atoms with Crippen LogP contribution in [0.3, 0.4) is 0 Å². The Labute approximate surface area is 120 Å². The SMILES string of the molecule is CCn1cc(CCC(C)=O)c2cc3c(cc21)CN(C)C3. The maximum atomic E-state index is 11.2. The fourth-order valence-electron chi connectivity index (χ4n) is 3.20. The Kier molecular flexibility index (Phi) is 3.38. The van der Waals surface area contributed by atoms with Crippen LogP contribution in [0.2, 0.25) is 0 Å². The molecule has 0 saturated heterocycles. The van der Waals surface area contributed by atoms with E-state index < -0.39 is 0 Å². The second kappa shape index (κ2) is 5.06. The predicted molar refractivity (Wildman–Crippen MR) is 81.8 cm³/mol. The molecule has 1 aromatic heterocycles. The molecular weight excluding hydrogens is 248 g/mol. The molecule has 0 bridgehead atoms. The number of rotatable bonds is 4. The molecule has 0 fully saturated rings. The molecular formula is C17H22N2O. The van der Waals surface area contributed by atoms with E-state index in [9.17, 15) is 4.79 Å². The van der Waals surface area contributed by atoms with E-state index in [0.717, 1.165) is 26.1 Å². The molecule has 0 amide bonds. The van der Waals surface area contributed by atoms with Crippen LogP contribution in [0.15, 0.2) is 18.3 Å². The first-order valence-corrected chi connectivity index (χ1v) is 7.40. The van der Waals surface area contributed by atoms with Crippen molar-refractivity contribution in [3.05, 3.63) is 35.0 Å². The third kappa shape index (κ3) is 2.27. The normalized spacial score (nSPS) is 14.9. The number of hydrogen-bond donors (Lipinski definition) is 0. The summed E-state index contributed by atoms with van der Waals surface area (Å²) in [5.41, 5.74) is 5.53. The first kappa shape index (κ1) is 13.4. The van der Waals surface area contributed by atoms with Crippen molar-refractivity contribution < 1.29 is 4.79 Å². The topological polar surface area (TPSA) is 25.2 Å². The van der Waals surface area contributed by atoms with E-state index in [-0.39, 0.29) is 5.78 Å². The largest absolute Gasteiger partial charge is 0.347 e. The fraction of sp³-hybridized carbons (Fsp3) is 0.471. The van der Waals surface area contributed by atoms with Crippen LogP contribution in [0.1, 0.15) is 37.0 Å². The van der Waals surface area contributed by atoms with Gasteiger partial charge in [-0.15, -0.1) is 0 Å². The second-order valence-corrected chi connectivity index (χ2v) is 5.95. The molecule has 1 aliphatic rings. The molecule has 1 aromatic carbocycles. The summed E-state index contributed by atoms with van der Waals surface area (Å²) >= 11 is 0. The van der Waals surface area contributed by atoms with Gasteiger partial charge in [0.1, 0.15) is 5.78 Å². The van der Waals surface area contributed by atoms with Gasteiger partial charge in [-0.2, -0.15) is 0 Å². The average Bonchev–Trinajstić information content (AvgIpc) is 2.92. The number of ketones is 1. The van der Waals surface area contributed by atoms with Gasteiger partial charge in [0.15, 0.2) is 0 Å². The first-order chi connectivity index (χ1) is 9.58. The van der Waals surface area contributed by atoms with Crippen molar-refractivity contribution in [2.45, 2.75) is 46.3 Å². The van der Waals surface area contributed by atoms with Gasteiger partial charge in [-0.25, -0.2) is 0 Å². The van der Waals surface area contributed by atoms with Gasteiger partial charge in [0.05, 0.1) is 0 Å². The third-order valence-corrected chi connectivity index (χ3v) is 4.25. The van der Waals surface area contributed by atoms with Crippen molar-refractivity contribution in [2.75, 3.05) is 7.05 Å². The Morgan fingerprint density at radius 2 is 1.95 bits per heavy atom. The summed E-state index contributed by atoms with van der Waals surface area (Å²) in [5, 5.41) is 1.34. The van der Waals surface area contributed by atoms with Gasteiger partial charge in [-0.05, 0) is 56.1 Å². The van der Waals surface area contributed by atoms with Crippen molar-refractivity contribution in [3.63, 3.8) is 0 Å². The Morgan fingerprint density at radius 1 is 1.25 bits per heavy atom. The standard InChI is InChI=1S/C17H22N2O/c1-4-19-11-13(6-5-12(2)20)16-7-14-9-18(3)10-15(14)8-17(16)19/h7-8,11H,4-6,9-10H2,1-3H3. The highest BCUT2D eigenvalue weighted by Gasteiger charge is 2.18. The fourth-order valence-corrected chi connectivity index (χ4v) is 3.20. The molecule has 0 spiro atoms. The van der Waals surface area contributed by atoms with Gasteiger partial charge in [-0.1, -0.05) is 0 Å². The zero-order valence-electron chi connectivity index (χ0n) is 12.6. The summed E-state index contributed by atoms with van der Waals surface area (Å²) in [6.07, 6.45) is 3.72. The Balaban J connectivity index is 2.08. The van der Waals surface area contributed by atoms with Crippen LogP contribution in [-0.2, 0) is 30.8 Å². The molecule has 0 aliphatic carbocycles. The molecule has 2 aromatic rings. The number of nitrogens with zero attached hydrogens (tertiary/aromatic N) is 2. The number of hydrogen-bond acceptors (Lipinski definition) is 2. The van der Waals surface area contributed by atoms with E-state index in [2.05, 4.69) is 41.8 Å². The molecule has 0 N–H and O–H groups in total. The van der Waals surface area contributed by atoms with Gasteiger partial charge >= 0.3 is 0 Å². The molecule has 20 heavy (non-hydrogen) atoms. The van der Waals surface area contributed by atoms with E-state index in [0.29, 0.717) is 6.42 Å². The van der Waals surface area contributed by atoms with Gasteiger partial charge < -0.3 is 9.36 Å². The zero-order valence-corrected chi connectivity index (χ0v) is 12.6. The summed E-state index contributed by atoms with van der Waals surface area (Å²) < 4.78 is 2.31. The van der Waals surface area contributed by atoms with E-state index in [1.807, 2.05) is 0 Å². The number of Topliss-reactive ketones (excluding diaryl/α,β-unsaturated/α-hetero) is 1. The second-order valence-electron chi connectivity index (χ2n) is 5.95.